The Morgan fingerprint density at radius 1 is 1.40 bits per heavy atom. The van der Waals surface area contributed by atoms with Crippen LogP contribution in [-0.2, 0) is 4.74 Å². The summed E-state index contributed by atoms with van der Waals surface area (Å²) >= 11 is 1.42. The van der Waals surface area contributed by atoms with Gasteiger partial charge >= 0.3 is 6.09 Å². The summed E-state index contributed by atoms with van der Waals surface area (Å²) in [6.45, 7) is 8.18. The lowest BCUT2D eigenvalue weighted by Crippen LogP contribution is -2.48. The number of rotatable bonds is 4. The Kier molecular flexibility index (Phi) is 4.75. The summed E-state index contributed by atoms with van der Waals surface area (Å²) in [7, 11) is 0. The van der Waals surface area contributed by atoms with Gasteiger partial charge in [-0.25, -0.2) is 4.79 Å². The molecule has 0 saturated heterocycles. The molecule has 1 unspecified atom stereocenters. The third kappa shape index (κ3) is 4.19. The molecule has 0 radical (unpaired) electrons. The van der Waals surface area contributed by atoms with Crippen LogP contribution in [0.3, 0.4) is 0 Å². The molecule has 112 valence electrons. The molecule has 0 bridgehead atoms. The smallest absolute Gasteiger partial charge is 0.408 e. The Morgan fingerprint density at radius 3 is 2.40 bits per heavy atom. The van der Waals surface area contributed by atoms with Crippen molar-refractivity contribution >= 4 is 17.4 Å². The fourth-order valence-corrected chi connectivity index (χ4v) is 2.32. The molecule has 1 aromatic heterocycles. The minimum Gasteiger partial charge on any atom is -0.444 e. The monoisotopic (exact) mass is 300 g/mol. The van der Waals surface area contributed by atoms with Gasteiger partial charge in [-0.2, -0.15) is 11.3 Å². The second-order valence-electron chi connectivity index (χ2n) is 6.05. The van der Waals surface area contributed by atoms with E-state index in [1.807, 2.05) is 5.38 Å². The van der Waals surface area contributed by atoms with E-state index in [0.717, 1.165) is 0 Å². The number of nitro groups is 1. The number of nitrogens with one attached hydrogen (secondary N) is 1. The average Bonchev–Trinajstić information content (AvgIpc) is 2.75. The molecule has 6 nitrogen and oxygen atoms in total. The Morgan fingerprint density at radius 2 is 2.00 bits per heavy atom. The van der Waals surface area contributed by atoms with Gasteiger partial charge < -0.3 is 10.1 Å². The first-order chi connectivity index (χ1) is 9.04. The zero-order chi connectivity index (χ0) is 15.6. The minimum atomic E-state index is -1.34. The molecule has 7 heteroatoms. The number of carbonyl (C=O) groups is 1. The average molecular weight is 300 g/mol. The lowest BCUT2D eigenvalue weighted by atomic mass is 9.91. The highest BCUT2D eigenvalue weighted by Gasteiger charge is 2.43. The number of nitrogens with zero attached hydrogens (tertiary/aromatic N) is 1. The maximum atomic E-state index is 11.9. The van der Waals surface area contributed by atoms with Crippen molar-refractivity contribution in [1.29, 1.82) is 0 Å². The highest BCUT2D eigenvalue weighted by Crippen LogP contribution is 2.30. The quantitative estimate of drug-likeness (QED) is 0.682. The van der Waals surface area contributed by atoms with Crippen LogP contribution in [-0.4, -0.2) is 22.2 Å². The van der Waals surface area contributed by atoms with Crippen molar-refractivity contribution in [3.8, 4) is 0 Å². The number of thiophene rings is 1. The van der Waals surface area contributed by atoms with E-state index in [0.29, 0.717) is 5.56 Å². The fraction of sp³-hybridized carbons (Fsp3) is 0.615. The van der Waals surface area contributed by atoms with E-state index < -0.39 is 28.2 Å². The molecule has 1 rings (SSSR count). The number of hydrogen-bond donors (Lipinski definition) is 1. The molecule has 1 N–H and O–H groups in total. The molecule has 1 atom stereocenters. The van der Waals surface area contributed by atoms with Crippen molar-refractivity contribution in [2.75, 3.05) is 0 Å². The number of amides is 1. The van der Waals surface area contributed by atoms with E-state index in [4.69, 9.17) is 4.74 Å². The third-order valence-corrected chi connectivity index (χ3v) is 3.42. The molecular weight excluding hydrogens is 280 g/mol. The van der Waals surface area contributed by atoms with Crippen LogP contribution in [0.25, 0.3) is 0 Å². The standard InChI is InChI=1S/C13H20N2O4S/c1-12(2,3)19-11(16)14-10(9-6-7-20-8-9)13(4,5)15(17)18/h6-8,10H,1-5H3,(H,14,16). The lowest BCUT2D eigenvalue weighted by molar-refractivity contribution is -0.566. The van der Waals surface area contributed by atoms with Crippen molar-refractivity contribution in [2.24, 2.45) is 0 Å². The molecule has 1 amide bonds. The maximum Gasteiger partial charge on any atom is 0.408 e. The molecule has 0 aliphatic heterocycles. The Bertz CT molecular complexity index is 477. The van der Waals surface area contributed by atoms with Gasteiger partial charge in [-0.3, -0.25) is 10.1 Å². The summed E-state index contributed by atoms with van der Waals surface area (Å²) in [5.41, 5.74) is -1.29. The van der Waals surface area contributed by atoms with Crippen LogP contribution in [0.5, 0.6) is 0 Å². The van der Waals surface area contributed by atoms with Crippen molar-refractivity contribution in [3.63, 3.8) is 0 Å². The van der Waals surface area contributed by atoms with Crippen LogP contribution < -0.4 is 5.32 Å². The van der Waals surface area contributed by atoms with Gasteiger partial charge in [0, 0.05) is 18.8 Å². The van der Waals surface area contributed by atoms with Crippen LogP contribution in [0.15, 0.2) is 16.8 Å². The zero-order valence-corrected chi connectivity index (χ0v) is 13.1. The highest BCUT2D eigenvalue weighted by molar-refractivity contribution is 7.08. The third-order valence-electron chi connectivity index (χ3n) is 2.71. The van der Waals surface area contributed by atoms with Gasteiger partial charge in [0.05, 0.1) is 0 Å². The van der Waals surface area contributed by atoms with Crippen LogP contribution >= 0.6 is 11.3 Å². The number of ether oxygens (including phenoxy) is 1. The highest BCUT2D eigenvalue weighted by atomic mass is 32.1. The molecule has 0 aliphatic carbocycles. The van der Waals surface area contributed by atoms with E-state index in [9.17, 15) is 14.9 Å². The van der Waals surface area contributed by atoms with Crippen molar-refractivity contribution < 1.29 is 14.5 Å². The summed E-state index contributed by atoms with van der Waals surface area (Å²) in [6.07, 6.45) is -0.663. The van der Waals surface area contributed by atoms with Gasteiger partial charge in [0.25, 0.3) is 0 Å². The first-order valence-corrected chi connectivity index (χ1v) is 7.14. The van der Waals surface area contributed by atoms with E-state index in [1.54, 1.807) is 32.2 Å². The van der Waals surface area contributed by atoms with Crippen molar-refractivity contribution in [3.05, 3.63) is 32.5 Å². The lowest BCUT2D eigenvalue weighted by Gasteiger charge is -2.28. The Balaban J connectivity index is 2.97. The van der Waals surface area contributed by atoms with Crippen molar-refractivity contribution in [2.45, 2.75) is 51.8 Å². The summed E-state index contributed by atoms with van der Waals surface area (Å²) in [5, 5.41) is 17.4. The molecule has 0 spiro atoms. The van der Waals surface area contributed by atoms with E-state index in [1.165, 1.54) is 25.2 Å². The van der Waals surface area contributed by atoms with Crippen LogP contribution in [0.1, 0.15) is 46.2 Å². The van der Waals surface area contributed by atoms with Crippen molar-refractivity contribution in [1.82, 2.24) is 5.32 Å². The van der Waals surface area contributed by atoms with Gasteiger partial charge in [-0.05, 0) is 43.2 Å². The maximum absolute atomic E-state index is 11.9. The summed E-state index contributed by atoms with van der Waals surface area (Å²) in [5.74, 6) is 0. The van der Waals surface area contributed by atoms with E-state index in [-0.39, 0.29) is 0 Å². The largest absolute Gasteiger partial charge is 0.444 e. The zero-order valence-electron chi connectivity index (χ0n) is 12.3. The number of carbonyl (C=O) groups excluding carboxylic acids is 1. The van der Waals surface area contributed by atoms with Gasteiger partial charge in [0.1, 0.15) is 11.6 Å². The molecule has 0 fully saturated rings. The molecule has 0 aliphatic rings. The van der Waals surface area contributed by atoms with E-state index in [2.05, 4.69) is 5.32 Å². The van der Waals surface area contributed by atoms with Gasteiger partial charge in [0.2, 0.25) is 5.54 Å². The molecule has 1 heterocycles. The minimum absolute atomic E-state index is 0.396. The molecule has 1 aromatic rings. The molecule has 20 heavy (non-hydrogen) atoms. The second kappa shape index (κ2) is 5.78. The normalized spacial score (nSPS) is 13.7. The molecule has 0 aromatic carbocycles. The number of hydrogen-bond acceptors (Lipinski definition) is 5. The number of alkyl carbamates (subject to hydrolysis) is 1. The van der Waals surface area contributed by atoms with Gasteiger partial charge in [-0.15, -0.1) is 0 Å². The van der Waals surface area contributed by atoms with Crippen LogP contribution in [0, 0.1) is 10.1 Å². The van der Waals surface area contributed by atoms with E-state index >= 15 is 0 Å². The summed E-state index contributed by atoms with van der Waals surface area (Å²) in [4.78, 5) is 22.7. The predicted molar refractivity (Wildman–Crippen MR) is 77.5 cm³/mol. The molecular formula is C13H20N2O4S. The predicted octanol–water partition coefficient (Wildman–Crippen LogP) is 3.37. The first-order valence-electron chi connectivity index (χ1n) is 6.20. The molecule has 0 saturated carbocycles. The Labute approximate surface area is 122 Å². The Hall–Kier alpha value is -1.63. The second-order valence-corrected chi connectivity index (χ2v) is 6.83. The fourth-order valence-electron chi connectivity index (χ4n) is 1.64. The van der Waals surface area contributed by atoms with Crippen LogP contribution in [0.4, 0.5) is 4.79 Å². The van der Waals surface area contributed by atoms with Gasteiger partial charge in [-0.1, -0.05) is 0 Å². The topological polar surface area (TPSA) is 81.5 Å². The SMILES string of the molecule is CC(C)(C)OC(=O)NC(c1ccsc1)C(C)(C)[N+](=O)[O-]. The first kappa shape index (κ1) is 16.4. The van der Waals surface area contributed by atoms with Crippen LogP contribution in [0.2, 0.25) is 0 Å². The summed E-state index contributed by atoms with van der Waals surface area (Å²) in [6, 6.07) is 1.01. The summed E-state index contributed by atoms with van der Waals surface area (Å²) < 4.78 is 5.17. The van der Waals surface area contributed by atoms with Gasteiger partial charge in [0.15, 0.2) is 0 Å².